The highest BCUT2D eigenvalue weighted by Crippen LogP contribution is 2.38. The molecule has 11 heteroatoms. The fraction of sp³-hybridized carbons (Fsp3) is 1.00. The van der Waals surface area contributed by atoms with E-state index in [1.165, 1.54) is 7.11 Å². The SMILES string of the molecule is CO[C@@H]1O[C@H](CO)[C@@H](O)[C@H](O)[C@@H]1S[C@H]1[C@H](O)[C@@H](CO)OC(O)[C@@H]1O. The Labute approximate surface area is 142 Å². The number of rotatable bonds is 5. The van der Waals surface area contributed by atoms with Crippen molar-refractivity contribution in [2.75, 3.05) is 20.3 Å². The van der Waals surface area contributed by atoms with Crippen molar-refractivity contribution in [1.82, 2.24) is 0 Å². The number of methoxy groups -OCH3 is 1. The highest BCUT2D eigenvalue weighted by atomic mass is 32.2. The van der Waals surface area contributed by atoms with Crippen molar-refractivity contribution < 1.29 is 50.0 Å². The van der Waals surface area contributed by atoms with Crippen LogP contribution in [0, 0.1) is 0 Å². The maximum Gasteiger partial charge on any atom is 0.182 e. The second-order valence-electron chi connectivity index (χ2n) is 5.74. The molecule has 2 aliphatic heterocycles. The average Bonchev–Trinajstić information content (AvgIpc) is 2.58. The summed E-state index contributed by atoms with van der Waals surface area (Å²) in [5.41, 5.74) is 0. The van der Waals surface area contributed by atoms with Crippen LogP contribution in [0.25, 0.3) is 0 Å². The summed E-state index contributed by atoms with van der Waals surface area (Å²) in [6.45, 7) is -1.10. The summed E-state index contributed by atoms with van der Waals surface area (Å²) in [4.78, 5) is 0. The Morgan fingerprint density at radius 2 is 1.38 bits per heavy atom. The van der Waals surface area contributed by atoms with E-state index in [0.717, 1.165) is 11.8 Å². The molecule has 2 heterocycles. The molecule has 10 nitrogen and oxygen atoms in total. The Balaban J connectivity index is 2.16. The molecule has 0 aliphatic carbocycles. The van der Waals surface area contributed by atoms with Crippen LogP contribution < -0.4 is 0 Å². The molecule has 0 aromatic rings. The zero-order valence-electron chi connectivity index (χ0n) is 13.0. The Morgan fingerprint density at radius 3 is 1.92 bits per heavy atom. The number of hydrogen-bond acceptors (Lipinski definition) is 11. The molecular formula is C13H24O10S. The smallest absolute Gasteiger partial charge is 0.182 e. The van der Waals surface area contributed by atoms with Gasteiger partial charge in [0, 0.05) is 7.11 Å². The van der Waals surface area contributed by atoms with E-state index in [1.807, 2.05) is 0 Å². The Kier molecular flexibility index (Phi) is 7.22. The molecule has 0 aromatic heterocycles. The fourth-order valence-electron chi connectivity index (χ4n) is 2.80. The summed E-state index contributed by atoms with van der Waals surface area (Å²) < 4.78 is 15.4. The third-order valence-electron chi connectivity index (χ3n) is 4.21. The predicted octanol–water partition coefficient (Wildman–Crippen LogP) is -4.03. The van der Waals surface area contributed by atoms with Crippen LogP contribution in [-0.2, 0) is 14.2 Å². The summed E-state index contributed by atoms with van der Waals surface area (Å²) >= 11 is 0.845. The summed E-state index contributed by atoms with van der Waals surface area (Å²) in [5, 5.41) is 66.7. The second kappa shape index (κ2) is 8.56. The molecule has 1 unspecified atom stereocenters. The van der Waals surface area contributed by atoms with Gasteiger partial charge in [-0.15, -0.1) is 11.8 Å². The first-order valence-corrected chi connectivity index (χ1v) is 8.41. The molecule has 0 bridgehead atoms. The van der Waals surface area contributed by atoms with Gasteiger partial charge in [-0.1, -0.05) is 0 Å². The third-order valence-corrected chi connectivity index (χ3v) is 5.90. The maximum atomic E-state index is 10.3. The van der Waals surface area contributed by atoms with Gasteiger partial charge >= 0.3 is 0 Å². The van der Waals surface area contributed by atoms with Gasteiger partial charge in [0.25, 0.3) is 0 Å². The van der Waals surface area contributed by atoms with Gasteiger partial charge in [-0.3, -0.25) is 0 Å². The largest absolute Gasteiger partial charge is 0.394 e. The van der Waals surface area contributed by atoms with Crippen LogP contribution in [-0.4, -0.2) is 116 Å². The second-order valence-corrected chi connectivity index (χ2v) is 7.10. The lowest BCUT2D eigenvalue weighted by Crippen LogP contribution is -2.61. The van der Waals surface area contributed by atoms with E-state index < -0.39 is 72.9 Å². The van der Waals surface area contributed by atoms with Crippen LogP contribution in [0.15, 0.2) is 0 Å². The van der Waals surface area contributed by atoms with Crippen LogP contribution in [0.5, 0.6) is 0 Å². The van der Waals surface area contributed by atoms with Gasteiger partial charge in [0.05, 0.1) is 35.9 Å². The molecule has 142 valence electrons. The van der Waals surface area contributed by atoms with Crippen LogP contribution in [0.4, 0.5) is 0 Å². The fourth-order valence-corrected chi connectivity index (χ4v) is 4.42. The maximum absolute atomic E-state index is 10.3. The minimum absolute atomic E-state index is 0.525. The van der Waals surface area contributed by atoms with E-state index in [4.69, 9.17) is 19.3 Å². The molecule has 0 amide bonds. The first-order valence-electron chi connectivity index (χ1n) is 7.46. The van der Waals surface area contributed by atoms with Gasteiger partial charge in [-0.05, 0) is 0 Å². The highest BCUT2D eigenvalue weighted by molar-refractivity contribution is 8.00. The molecule has 0 saturated carbocycles. The standard InChI is InChI=1S/C13H24O10S/c1-21-13-11(8(18)6(16)4(2-14)23-13)24-10-7(17)5(3-15)22-12(20)9(10)19/h4-20H,2-3H2,1H3/t4-,5-,6-,7-,8+,9-,10+,11+,12?,13-/m1/s1. The summed E-state index contributed by atoms with van der Waals surface area (Å²) in [6.07, 6.45) is -10.4. The lowest BCUT2D eigenvalue weighted by molar-refractivity contribution is -0.251. The molecule has 10 atom stereocenters. The van der Waals surface area contributed by atoms with Crippen LogP contribution in [0.1, 0.15) is 0 Å². The Hall–Kier alpha value is -0.0500. The number of aliphatic hydroxyl groups is 7. The lowest BCUT2D eigenvalue weighted by Gasteiger charge is -2.45. The van der Waals surface area contributed by atoms with Gasteiger partial charge in [0.15, 0.2) is 12.6 Å². The summed E-state index contributed by atoms with van der Waals surface area (Å²) in [6, 6.07) is 0. The molecule has 2 saturated heterocycles. The van der Waals surface area contributed by atoms with Crippen molar-refractivity contribution in [3.63, 3.8) is 0 Å². The Bertz CT molecular complexity index is 399. The van der Waals surface area contributed by atoms with E-state index in [2.05, 4.69) is 0 Å². The van der Waals surface area contributed by atoms with Crippen molar-refractivity contribution in [3.8, 4) is 0 Å². The highest BCUT2D eigenvalue weighted by Gasteiger charge is 2.50. The van der Waals surface area contributed by atoms with Gasteiger partial charge in [-0.25, -0.2) is 0 Å². The van der Waals surface area contributed by atoms with Crippen molar-refractivity contribution in [1.29, 1.82) is 0 Å². The van der Waals surface area contributed by atoms with Crippen LogP contribution >= 0.6 is 11.8 Å². The molecule has 7 N–H and O–H groups in total. The predicted molar refractivity (Wildman–Crippen MR) is 79.9 cm³/mol. The lowest BCUT2D eigenvalue weighted by atomic mass is 10.0. The quantitative estimate of drug-likeness (QED) is 0.251. The van der Waals surface area contributed by atoms with E-state index in [1.54, 1.807) is 0 Å². The van der Waals surface area contributed by atoms with Gasteiger partial charge in [0.2, 0.25) is 0 Å². The number of hydrogen-bond donors (Lipinski definition) is 7. The van der Waals surface area contributed by atoms with E-state index in [9.17, 15) is 30.6 Å². The van der Waals surface area contributed by atoms with Crippen molar-refractivity contribution >= 4 is 11.8 Å². The molecule has 0 spiro atoms. The first-order chi connectivity index (χ1) is 11.3. The van der Waals surface area contributed by atoms with Gasteiger partial charge < -0.3 is 50.0 Å². The Morgan fingerprint density at radius 1 is 0.792 bits per heavy atom. The zero-order valence-corrected chi connectivity index (χ0v) is 13.8. The molecule has 2 aliphatic rings. The molecular weight excluding hydrogens is 348 g/mol. The average molecular weight is 372 g/mol. The van der Waals surface area contributed by atoms with Crippen LogP contribution in [0.3, 0.4) is 0 Å². The summed E-state index contributed by atoms with van der Waals surface area (Å²) in [5.74, 6) is 0. The van der Waals surface area contributed by atoms with E-state index in [-0.39, 0.29) is 0 Å². The normalized spacial score (nSPS) is 50.0. The van der Waals surface area contributed by atoms with Gasteiger partial charge in [0.1, 0.15) is 24.4 Å². The monoisotopic (exact) mass is 372 g/mol. The number of aliphatic hydroxyl groups excluding tert-OH is 7. The van der Waals surface area contributed by atoms with Gasteiger partial charge in [-0.2, -0.15) is 0 Å². The van der Waals surface area contributed by atoms with Crippen molar-refractivity contribution in [2.45, 2.75) is 59.7 Å². The number of thioether (sulfide) groups is 1. The van der Waals surface area contributed by atoms with E-state index >= 15 is 0 Å². The van der Waals surface area contributed by atoms with Crippen molar-refractivity contribution in [2.24, 2.45) is 0 Å². The number of ether oxygens (including phenoxy) is 3. The van der Waals surface area contributed by atoms with Crippen LogP contribution in [0.2, 0.25) is 0 Å². The molecule has 0 aromatic carbocycles. The van der Waals surface area contributed by atoms with Crippen molar-refractivity contribution in [3.05, 3.63) is 0 Å². The first kappa shape index (κ1) is 20.3. The molecule has 2 rings (SSSR count). The zero-order chi connectivity index (χ0) is 18.0. The minimum Gasteiger partial charge on any atom is -0.394 e. The molecule has 0 radical (unpaired) electrons. The molecule has 24 heavy (non-hydrogen) atoms. The minimum atomic E-state index is -1.62. The third kappa shape index (κ3) is 3.86. The topological polar surface area (TPSA) is 169 Å². The summed E-state index contributed by atoms with van der Waals surface area (Å²) in [7, 11) is 1.30. The molecule has 2 fully saturated rings. The van der Waals surface area contributed by atoms with E-state index in [0.29, 0.717) is 0 Å².